The van der Waals surface area contributed by atoms with Crippen LogP contribution < -0.4 is 5.32 Å². The molecule has 6 nitrogen and oxygen atoms in total. The van der Waals surface area contributed by atoms with Crippen molar-refractivity contribution in [2.45, 2.75) is 38.4 Å². The Hall–Kier alpha value is -2.83. The first-order valence-corrected chi connectivity index (χ1v) is 11.5. The Kier molecular flexibility index (Phi) is 5.66. The number of carbonyl (C=O) groups is 2. The van der Waals surface area contributed by atoms with Gasteiger partial charge in [-0.2, -0.15) is 5.10 Å². The first-order chi connectivity index (χ1) is 15.5. The summed E-state index contributed by atoms with van der Waals surface area (Å²) >= 11 is 12.6. The van der Waals surface area contributed by atoms with Crippen LogP contribution in [0.1, 0.15) is 56.6 Å². The first-order valence-electron chi connectivity index (χ1n) is 10.7. The van der Waals surface area contributed by atoms with Crippen molar-refractivity contribution in [3.05, 3.63) is 86.7 Å². The Morgan fingerprint density at radius 3 is 2.69 bits per heavy atom. The normalized spacial score (nSPS) is 17.6. The first kappa shape index (κ1) is 21.0. The highest BCUT2D eigenvalue weighted by Crippen LogP contribution is 2.30. The molecule has 0 saturated heterocycles. The van der Waals surface area contributed by atoms with Gasteiger partial charge in [0.05, 0.1) is 12.6 Å². The number of amides is 2. The molecule has 1 atom stereocenters. The standard InChI is InChI=1S/C24H22Cl2N4O2/c25-18-8-4-9-19(26)17(18)14-29-11-12-30-22(24(29)32)13-21(28-30)23(31)27-20-10-3-6-15-5-1-2-7-16(15)20/h1-2,4-5,7-9,13,20H,3,6,10-12,14H2,(H,27,31)/t20-/m0/s1. The van der Waals surface area contributed by atoms with Crippen LogP contribution in [0.4, 0.5) is 0 Å². The van der Waals surface area contributed by atoms with E-state index < -0.39 is 0 Å². The number of hydrogen-bond acceptors (Lipinski definition) is 3. The van der Waals surface area contributed by atoms with E-state index in [1.807, 2.05) is 12.1 Å². The zero-order valence-corrected chi connectivity index (χ0v) is 18.9. The second kappa shape index (κ2) is 8.60. The van der Waals surface area contributed by atoms with Crippen LogP contribution in [0.2, 0.25) is 10.0 Å². The predicted octanol–water partition coefficient (Wildman–Crippen LogP) is 4.65. The molecule has 0 radical (unpaired) electrons. The maximum atomic E-state index is 13.1. The number of rotatable bonds is 4. The molecule has 0 spiro atoms. The number of halogens is 2. The summed E-state index contributed by atoms with van der Waals surface area (Å²) < 4.78 is 1.61. The lowest BCUT2D eigenvalue weighted by Crippen LogP contribution is -2.39. The summed E-state index contributed by atoms with van der Waals surface area (Å²) in [6.45, 7) is 1.28. The highest BCUT2D eigenvalue weighted by molar-refractivity contribution is 6.36. The molecule has 2 aromatic carbocycles. The molecule has 0 bridgehead atoms. The Labute approximate surface area is 196 Å². The van der Waals surface area contributed by atoms with E-state index in [0.717, 1.165) is 24.8 Å². The van der Waals surface area contributed by atoms with Crippen LogP contribution in [0.3, 0.4) is 0 Å². The fourth-order valence-corrected chi connectivity index (χ4v) is 5.03. The topological polar surface area (TPSA) is 67.2 Å². The summed E-state index contributed by atoms with van der Waals surface area (Å²) in [6.07, 6.45) is 2.95. The minimum atomic E-state index is -0.262. The van der Waals surface area contributed by atoms with Gasteiger partial charge in [-0.25, -0.2) is 0 Å². The highest BCUT2D eigenvalue weighted by Gasteiger charge is 2.30. The van der Waals surface area contributed by atoms with Crippen molar-refractivity contribution in [1.82, 2.24) is 20.0 Å². The Morgan fingerprint density at radius 2 is 1.88 bits per heavy atom. The maximum absolute atomic E-state index is 13.1. The Balaban J connectivity index is 1.33. The van der Waals surface area contributed by atoms with Crippen molar-refractivity contribution in [2.24, 2.45) is 0 Å². The lowest BCUT2D eigenvalue weighted by molar-refractivity contribution is 0.0683. The zero-order chi connectivity index (χ0) is 22.2. The Bertz CT molecular complexity index is 1190. The average molecular weight is 469 g/mol. The molecule has 2 amide bonds. The van der Waals surface area contributed by atoms with Crippen LogP contribution in [0, 0.1) is 0 Å². The predicted molar refractivity (Wildman–Crippen MR) is 123 cm³/mol. The summed E-state index contributed by atoms with van der Waals surface area (Å²) in [5.41, 5.74) is 3.81. The monoisotopic (exact) mass is 468 g/mol. The van der Waals surface area contributed by atoms with Crippen LogP contribution >= 0.6 is 23.2 Å². The van der Waals surface area contributed by atoms with Crippen molar-refractivity contribution in [3.8, 4) is 0 Å². The van der Waals surface area contributed by atoms with Crippen LogP contribution in [-0.2, 0) is 19.5 Å². The molecule has 1 N–H and O–H groups in total. The van der Waals surface area contributed by atoms with Gasteiger partial charge in [-0.15, -0.1) is 0 Å². The minimum absolute atomic E-state index is 0.0410. The van der Waals surface area contributed by atoms with E-state index in [4.69, 9.17) is 23.2 Å². The van der Waals surface area contributed by atoms with E-state index in [-0.39, 0.29) is 23.6 Å². The van der Waals surface area contributed by atoms with E-state index in [2.05, 4.69) is 22.5 Å². The molecule has 5 rings (SSSR count). The quantitative estimate of drug-likeness (QED) is 0.605. The molecule has 1 aromatic heterocycles. The van der Waals surface area contributed by atoms with Crippen molar-refractivity contribution >= 4 is 35.0 Å². The largest absolute Gasteiger partial charge is 0.344 e. The van der Waals surface area contributed by atoms with E-state index in [0.29, 0.717) is 40.9 Å². The number of hydrogen-bond donors (Lipinski definition) is 1. The lowest BCUT2D eigenvalue weighted by Gasteiger charge is -2.28. The van der Waals surface area contributed by atoms with Crippen LogP contribution in [0.15, 0.2) is 48.5 Å². The van der Waals surface area contributed by atoms with Gasteiger partial charge in [0, 0.05) is 34.8 Å². The summed E-state index contributed by atoms with van der Waals surface area (Å²) in [6, 6.07) is 15.0. The van der Waals surface area contributed by atoms with Crippen LogP contribution in [-0.4, -0.2) is 33.0 Å². The van der Waals surface area contributed by atoms with Gasteiger partial charge in [0.25, 0.3) is 11.8 Å². The van der Waals surface area contributed by atoms with Gasteiger partial charge < -0.3 is 10.2 Å². The average Bonchev–Trinajstić information content (AvgIpc) is 3.24. The van der Waals surface area contributed by atoms with Gasteiger partial charge in [0.15, 0.2) is 5.69 Å². The van der Waals surface area contributed by atoms with Gasteiger partial charge in [-0.3, -0.25) is 14.3 Å². The summed E-state index contributed by atoms with van der Waals surface area (Å²) in [7, 11) is 0. The van der Waals surface area contributed by atoms with E-state index >= 15 is 0 Å². The number of aryl methyl sites for hydroxylation is 1. The molecule has 0 saturated carbocycles. The number of nitrogens with one attached hydrogen (secondary N) is 1. The number of carbonyl (C=O) groups excluding carboxylic acids is 2. The fraction of sp³-hybridized carbons (Fsp3) is 0.292. The molecule has 164 valence electrons. The molecular weight excluding hydrogens is 447 g/mol. The van der Waals surface area contributed by atoms with E-state index in [1.165, 1.54) is 5.56 Å². The molecular formula is C24H22Cl2N4O2. The van der Waals surface area contributed by atoms with Crippen molar-refractivity contribution in [1.29, 1.82) is 0 Å². The molecule has 8 heteroatoms. The van der Waals surface area contributed by atoms with Gasteiger partial charge in [-0.1, -0.05) is 53.5 Å². The minimum Gasteiger partial charge on any atom is -0.344 e. The zero-order valence-electron chi connectivity index (χ0n) is 17.4. The van der Waals surface area contributed by atoms with Gasteiger partial charge in [0.1, 0.15) is 5.69 Å². The van der Waals surface area contributed by atoms with Gasteiger partial charge in [0.2, 0.25) is 0 Å². The smallest absolute Gasteiger partial charge is 0.272 e. The van der Waals surface area contributed by atoms with Crippen molar-refractivity contribution < 1.29 is 9.59 Å². The molecule has 2 aliphatic rings. The number of fused-ring (bicyclic) bond motifs is 2. The van der Waals surface area contributed by atoms with E-state index in [9.17, 15) is 9.59 Å². The number of aromatic nitrogens is 2. The summed E-state index contributed by atoms with van der Waals surface area (Å²) in [5.74, 6) is -0.455. The molecule has 3 aromatic rings. The molecule has 0 fully saturated rings. The number of benzene rings is 2. The SMILES string of the molecule is O=C(N[C@H]1CCCc2ccccc21)c1cc2n(n1)CCN(Cc1c(Cl)cccc1Cl)C2=O. The molecule has 32 heavy (non-hydrogen) atoms. The second-order valence-electron chi connectivity index (χ2n) is 8.18. The Morgan fingerprint density at radius 1 is 1.09 bits per heavy atom. The van der Waals surface area contributed by atoms with Crippen molar-refractivity contribution in [3.63, 3.8) is 0 Å². The second-order valence-corrected chi connectivity index (χ2v) is 9.00. The number of nitrogens with zero attached hydrogens (tertiary/aromatic N) is 3. The third-order valence-electron chi connectivity index (χ3n) is 6.19. The summed E-state index contributed by atoms with van der Waals surface area (Å²) in [5, 5.41) is 8.56. The van der Waals surface area contributed by atoms with Gasteiger partial charge in [-0.05, 0) is 42.5 Å². The van der Waals surface area contributed by atoms with Crippen LogP contribution in [0.25, 0.3) is 0 Å². The third kappa shape index (κ3) is 3.89. The molecule has 1 aliphatic carbocycles. The molecule has 2 heterocycles. The highest BCUT2D eigenvalue weighted by atomic mass is 35.5. The fourth-order valence-electron chi connectivity index (χ4n) is 4.51. The third-order valence-corrected chi connectivity index (χ3v) is 6.89. The van der Waals surface area contributed by atoms with Crippen molar-refractivity contribution in [2.75, 3.05) is 6.54 Å². The van der Waals surface area contributed by atoms with Gasteiger partial charge >= 0.3 is 0 Å². The maximum Gasteiger partial charge on any atom is 0.272 e. The molecule has 1 aliphatic heterocycles. The molecule has 0 unspecified atom stereocenters. The lowest BCUT2D eigenvalue weighted by atomic mass is 9.87. The van der Waals surface area contributed by atoms with Crippen LogP contribution in [0.5, 0.6) is 0 Å². The van der Waals surface area contributed by atoms with E-state index in [1.54, 1.807) is 33.8 Å². The summed E-state index contributed by atoms with van der Waals surface area (Å²) in [4.78, 5) is 27.7.